The summed E-state index contributed by atoms with van der Waals surface area (Å²) < 4.78 is 0. The number of hydrogen-bond donors (Lipinski definition) is 1. The molecule has 4 heteroatoms. The summed E-state index contributed by atoms with van der Waals surface area (Å²) in [5.41, 5.74) is 3.62. The number of pyridine rings is 1. The number of aromatic nitrogens is 2. The number of aromatic amines is 1. The zero-order valence-corrected chi connectivity index (χ0v) is 15.0. The molecule has 1 N–H and O–H groups in total. The molecule has 3 heterocycles. The van der Waals surface area contributed by atoms with Crippen LogP contribution in [0, 0.1) is 0 Å². The molecule has 1 aromatic carbocycles. The van der Waals surface area contributed by atoms with Gasteiger partial charge in [0.1, 0.15) is 5.65 Å². The van der Waals surface area contributed by atoms with Crippen molar-refractivity contribution in [2.75, 3.05) is 13.1 Å². The van der Waals surface area contributed by atoms with Gasteiger partial charge in [-0.15, -0.1) is 0 Å². The van der Waals surface area contributed by atoms with Crippen LogP contribution in [0.1, 0.15) is 42.7 Å². The Hall–Kier alpha value is -2.62. The molecule has 0 radical (unpaired) electrons. The summed E-state index contributed by atoms with van der Waals surface area (Å²) in [5.74, 6) is 0.821. The molecular weight excluding hydrogens is 322 g/mol. The maximum Gasteiger partial charge on any atom is 0.222 e. The van der Waals surface area contributed by atoms with Crippen molar-refractivity contribution in [1.82, 2.24) is 14.9 Å². The number of rotatable bonds is 5. The maximum atomic E-state index is 12.5. The van der Waals surface area contributed by atoms with Gasteiger partial charge < -0.3 is 9.88 Å². The molecule has 2 aromatic heterocycles. The first-order chi connectivity index (χ1) is 12.8. The molecule has 1 aliphatic rings. The lowest BCUT2D eigenvalue weighted by Gasteiger charge is -2.32. The predicted octanol–water partition coefficient (Wildman–Crippen LogP) is 4.29. The van der Waals surface area contributed by atoms with E-state index in [-0.39, 0.29) is 0 Å². The van der Waals surface area contributed by atoms with Gasteiger partial charge in [0.25, 0.3) is 0 Å². The maximum absolute atomic E-state index is 12.5. The molecule has 0 aliphatic carbocycles. The van der Waals surface area contributed by atoms with Crippen molar-refractivity contribution in [2.24, 2.45) is 0 Å². The lowest BCUT2D eigenvalue weighted by molar-refractivity contribution is -0.132. The number of piperidine rings is 1. The van der Waals surface area contributed by atoms with Crippen molar-refractivity contribution >= 4 is 16.9 Å². The van der Waals surface area contributed by atoms with E-state index in [1.807, 2.05) is 18.3 Å². The summed E-state index contributed by atoms with van der Waals surface area (Å²) >= 11 is 0. The molecule has 134 valence electrons. The highest BCUT2D eigenvalue weighted by Crippen LogP contribution is 2.32. The Morgan fingerprint density at radius 1 is 1.12 bits per heavy atom. The van der Waals surface area contributed by atoms with Crippen molar-refractivity contribution in [3.8, 4) is 0 Å². The SMILES string of the molecule is O=C(CCCc1ccccc1)N1CCC(c2c[nH]c3ncccc23)CC1. The number of aryl methyl sites for hydroxylation is 1. The molecular formula is C22H25N3O. The van der Waals surface area contributed by atoms with Gasteiger partial charge in [0.15, 0.2) is 0 Å². The average molecular weight is 347 g/mol. The van der Waals surface area contributed by atoms with E-state index in [1.165, 1.54) is 16.5 Å². The minimum Gasteiger partial charge on any atom is -0.346 e. The summed E-state index contributed by atoms with van der Waals surface area (Å²) in [5, 5.41) is 1.22. The second kappa shape index (κ2) is 7.73. The fourth-order valence-electron chi connectivity index (χ4n) is 4.00. The molecule has 4 rings (SSSR count). The molecule has 1 saturated heterocycles. The van der Waals surface area contributed by atoms with Gasteiger partial charge in [-0.1, -0.05) is 30.3 Å². The normalized spacial score (nSPS) is 15.5. The van der Waals surface area contributed by atoms with E-state index >= 15 is 0 Å². The topological polar surface area (TPSA) is 49.0 Å². The first-order valence-corrected chi connectivity index (χ1v) is 9.55. The highest BCUT2D eigenvalue weighted by Gasteiger charge is 2.25. The van der Waals surface area contributed by atoms with Gasteiger partial charge in [-0.2, -0.15) is 0 Å². The smallest absolute Gasteiger partial charge is 0.222 e. The zero-order chi connectivity index (χ0) is 17.8. The number of benzene rings is 1. The highest BCUT2D eigenvalue weighted by molar-refractivity contribution is 5.80. The highest BCUT2D eigenvalue weighted by atomic mass is 16.2. The summed E-state index contributed by atoms with van der Waals surface area (Å²) in [6.45, 7) is 1.73. The molecule has 0 bridgehead atoms. The van der Waals surface area contributed by atoms with Crippen molar-refractivity contribution in [3.05, 3.63) is 66.0 Å². The Balaban J connectivity index is 1.28. The van der Waals surface area contributed by atoms with Crippen LogP contribution in [0.15, 0.2) is 54.9 Å². The van der Waals surface area contributed by atoms with E-state index in [0.717, 1.165) is 44.4 Å². The van der Waals surface area contributed by atoms with Crippen molar-refractivity contribution in [2.45, 2.75) is 38.0 Å². The van der Waals surface area contributed by atoms with Crippen LogP contribution in [0.2, 0.25) is 0 Å². The second-order valence-electron chi connectivity index (χ2n) is 7.14. The van der Waals surface area contributed by atoms with E-state index in [4.69, 9.17) is 0 Å². The van der Waals surface area contributed by atoms with Gasteiger partial charge in [-0.3, -0.25) is 4.79 Å². The lowest BCUT2D eigenvalue weighted by Crippen LogP contribution is -2.37. The van der Waals surface area contributed by atoms with Crippen LogP contribution in [0.3, 0.4) is 0 Å². The third kappa shape index (κ3) is 3.64. The monoisotopic (exact) mass is 347 g/mol. The van der Waals surface area contributed by atoms with E-state index in [0.29, 0.717) is 18.2 Å². The molecule has 1 aliphatic heterocycles. The number of nitrogens with zero attached hydrogens (tertiary/aromatic N) is 2. The quantitative estimate of drug-likeness (QED) is 0.748. The van der Waals surface area contributed by atoms with Crippen molar-refractivity contribution < 1.29 is 4.79 Å². The van der Waals surface area contributed by atoms with Gasteiger partial charge in [0.05, 0.1) is 0 Å². The number of fused-ring (bicyclic) bond motifs is 1. The van der Waals surface area contributed by atoms with Gasteiger partial charge >= 0.3 is 0 Å². The fraction of sp³-hybridized carbons (Fsp3) is 0.364. The number of nitrogens with one attached hydrogen (secondary N) is 1. The van der Waals surface area contributed by atoms with Gasteiger partial charge in [0, 0.05) is 37.3 Å². The van der Waals surface area contributed by atoms with E-state index in [1.54, 1.807) is 0 Å². The van der Waals surface area contributed by atoms with Crippen molar-refractivity contribution in [3.63, 3.8) is 0 Å². The van der Waals surface area contributed by atoms with Gasteiger partial charge in [0.2, 0.25) is 5.91 Å². The Morgan fingerprint density at radius 2 is 1.92 bits per heavy atom. The van der Waals surface area contributed by atoms with Gasteiger partial charge in [-0.05, 0) is 54.9 Å². The number of carbonyl (C=O) groups is 1. The van der Waals surface area contributed by atoms with E-state index < -0.39 is 0 Å². The number of likely N-dealkylation sites (tertiary alicyclic amines) is 1. The zero-order valence-electron chi connectivity index (χ0n) is 15.0. The molecule has 0 saturated carbocycles. The molecule has 1 fully saturated rings. The minimum atomic E-state index is 0.306. The molecule has 4 nitrogen and oxygen atoms in total. The number of amides is 1. The molecule has 26 heavy (non-hydrogen) atoms. The third-order valence-corrected chi connectivity index (χ3v) is 5.47. The van der Waals surface area contributed by atoms with Crippen LogP contribution in [-0.4, -0.2) is 33.9 Å². The standard InChI is InChI=1S/C22H25N3O/c26-21(10-4-8-17-6-2-1-3-7-17)25-14-11-18(12-15-25)20-16-24-22-19(20)9-5-13-23-22/h1-3,5-7,9,13,16,18H,4,8,10-12,14-15H2,(H,23,24). The molecule has 0 unspecified atom stereocenters. The predicted molar refractivity (Wildman–Crippen MR) is 104 cm³/mol. The first-order valence-electron chi connectivity index (χ1n) is 9.55. The Labute approximate surface area is 154 Å². The largest absolute Gasteiger partial charge is 0.346 e. The number of carbonyl (C=O) groups excluding carboxylic acids is 1. The van der Waals surface area contributed by atoms with Crippen molar-refractivity contribution in [1.29, 1.82) is 0 Å². The van der Waals surface area contributed by atoms with Crippen LogP contribution in [0.5, 0.6) is 0 Å². The second-order valence-corrected chi connectivity index (χ2v) is 7.14. The summed E-state index contributed by atoms with van der Waals surface area (Å²) in [4.78, 5) is 22.2. The number of hydrogen-bond acceptors (Lipinski definition) is 2. The Bertz CT molecular complexity index is 863. The third-order valence-electron chi connectivity index (χ3n) is 5.47. The Kier molecular flexibility index (Phi) is 5.00. The molecule has 0 spiro atoms. The minimum absolute atomic E-state index is 0.306. The summed E-state index contributed by atoms with van der Waals surface area (Å²) in [6.07, 6.45) is 8.54. The summed E-state index contributed by atoms with van der Waals surface area (Å²) in [6, 6.07) is 14.5. The lowest BCUT2D eigenvalue weighted by atomic mass is 9.89. The Morgan fingerprint density at radius 3 is 2.73 bits per heavy atom. The summed E-state index contributed by atoms with van der Waals surface area (Å²) in [7, 11) is 0. The van der Waals surface area contributed by atoms with Crippen LogP contribution in [0.25, 0.3) is 11.0 Å². The van der Waals surface area contributed by atoms with E-state index in [9.17, 15) is 4.79 Å². The van der Waals surface area contributed by atoms with Gasteiger partial charge in [-0.25, -0.2) is 4.98 Å². The first kappa shape index (κ1) is 16.8. The number of H-pyrrole nitrogens is 1. The van der Waals surface area contributed by atoms with Crippen LogP contribution in [-0.2, 0) is 11.2 Å². The fourth-order valence-corrected chi connectivity index (χ4v) is 4.00. The molecule has 3 aromatic rings. The average Bonchev–Trinajstić information content (AvgIpc) is 3.13. The van der Waals surface area contributed by atoms with Crippen LogP contribution >= 0.6 is 0 Å². The molecule has 0 atom stereocenters. The molecule has 1 amide bonds. The van der Waals surface area contributed by atoms with Crippen LogP contribution in [0.4, 0.5) is 0 Å². The van der Waals surface area contributed by atoms with Crippen LogP contribution < -0.4 is 0 Å². The van der Waals surface area contributed by atoms with E-state index in [2.05, 4.69) is 51.4 Å².